The molecule has 23 heavy (non-hydrogen) atoms. The molecule has 1 unspecified atom stereocenters. The molecule has 116 valence electrons. The topological polar surface area (TPSA) is 63.6 Å². The number of rotatable bonds is 5. The summed E-state index contributed by atoms with van der Waals surface area (Å²) in [4.78, 5) is 24.0. The summed E-state index contributed by atoms with van der Waals surface area (Å²) in [5.74, 6) is -0.979. The second-order valence-electron chi connectivity index (χ2n) is 5.05. The van der Waals surface area contributed by atoms with Gasteiger partial charge < -0.3 is 9.84 Å². The van der Waals surface area contributed by atoms with Gasteiger partial charge >= 0.3 is 5.97 Å². The Morgan fingerprint density at radius 2 is 1.70 bits per heavy atom. The predicted octanol–water partition coefficient (Wildman–Crippen LogP) is 4.25. The molecule has 1 atom stereocenters. The number of Topliss-reactive ketones (excluding diaryl/α,β-unsaturated/α-hetero) is 1. The van der Waals surface area contributed by atoms with Gasteiger partial charge in [0, 0.05) is 15.6 Å². The van der Waals surface area contributed by atoms with E-state index < -0.39 is 12.1 Å². The number of thiophene rings is 1. The normalized spacial score (nSPS) is 12.0. The fourth-order valence-electron chi connectivity index (χ4n) is 2.35. The second-order valence-corrected chi connectivity index (χ2v) is 6.10. The third kappa shape index (κ3) is 2.96. The number of fused-ring (bicyclic) bond motifs is 1. The zero-order valence-corrected chi connectivity index (χ0v) is 13.2. The summed E-state index contributed by atoms with van der Waals surface area (Å²) < 4.78 is 6.58. The van der Waals surface area contributed by atoms with E-state index in [-0.39, 0.29) is 16.4 Å². The number of ketones is 1. The number of hydrogen-bond donors (Lipinski definition) is 1. The van der Waals surface area contributed by atoms with Gasteiger partial charge in [-0.15, -0.1) is 11.3 Å². The van der Waals surface area contributed by atoms with Crippen LogP contribution in [-0.2, 0) is 0 Å². The van der Waals surface area contributed by atoms with Gasteiger partial charge in [-0.1, -0.05) is 42.5 Å². The van der Waals surface area contributed by atoms with Crippen molar-refractivity contribution in [2.45, 2.75) is 13.0 Å². The molecule has 0 aliphatic heterocycles. The van der Waals surface area contributed by atoms with Crippen LogP contribution >= 0.6 is 11.3 Å². The number of benzene rings is 2. The van der Waals surface area contributed by atoms with E-state index in [9.17, 15) is 14.7 Å². The Morgan fingerprint density at radius 3 is 2.39 bits per heavy atom. The van der Waals surface area contributed by atoms with E-state index in [4.69, 9.17) is 4.74 Å². The molecule has 0 radical (unpaired) electrons. The molecule has 1 heterocycles. The summed E-state index contributed by atoms with van der Waals surface area (Å²) >= 11 is 1.15. The first kappa shape index (κ1) is 15.2. The minimum atomic E-state index is -1.06. The summed E-state index contributed by atoms with van der Waals surface area (Å²) in [6.07, 6.45) is -0.770. The zero-order chi connectivity index (χ0) is 16.4. The molecule has 1 aromatic heterocycles. The Kier molecular flexibility index (Phi) is 4.12. The van der Waals surface area contributed by atoms with Gasteiger partial charge in [-0.3, -0.25) is 4.79 Å². The van der Waals surface area contributed by atoms with Crippen molar-refractivity contribution in [3.8, 4) is 5.75 Å². The number of carboxylic acids is 1. The minimum absolute atomic E-state index is 0.110. The molecule has 0 saturated carbocycles. The lowest BCUT2D eigenvalue weighted by atomic mass is 10.1. The van der Waals surface area contributed by atoms with Gasteiger partial charge in [-0.25, -0.2) is 4.79 Å². The lowest BCUT2D eigenvalue weighted by Gasteiger charge is -2.14. The Bertz CT molecular complexity index is 867. The van der Waals surface area contributed by atoms with Crippen molar-refractivity contribution in [2.75, 3.05) is 0 Å². The van der Waals surface area contributed by atoms with Crippen LogP contribution in [0.2, 0.25) is 0 Å². The standard InChI is InChI=1S/C18H14O4S/c1-11(15(19)12-7-3-2-4-8-12)22-16-13-9-5-6-10-14(13)23-17(16)18(20)21/h2-11H,1H3,(H,20,21). The number of carbonyl (C=O) groups excluding carboxylic acids is 1. The lowest BCUT2D eigenvalue weighted by Crippen LogP contribution is -2.24. The summed E-state index contributed by atoms with van der Waals surface area (Å²) in [7, 11) is 0. The van der Waals surface area contributed by atoms with E-state index >= 15 is 0 Å². The van der Waals surface area contributed by atoms with Crippen molar-refractivity contribution >= 4 is 33.2 Å². The highest BCUT2D eigenvalue weighted by atomic mass is 32.1. The molecule has 3 rings (SSSR count). The highest BCUT2D eigenvalue weighted by Crippen LogP contribution is 2.38. The molecule has 0 saturated heterocycles. The Morgan fingerprint density at radius 1 is 1.04 bits per heavy atom. The maximum atomic E-state index is 12.4. The van der Waals surface area contributed by atoms with Crippen LogP contribution in [0.15, 0.2) is 54.6 Å². The van der Waals surface area contributed by atoms with Crippen molar-refractivity contribution in [1.82, 2.24) is 0 Å². The van der Waals surface area contributed by atoms with Crippen LogP contribution in [0, 0.1) is 0 Å². The molecule has 2 aromatic carbocycles. The van der Waals surface area contributed by atoms with Gasteiger partial charge in [-0.2, -0.15) is 0 Å². The van der Waals surface area contributed by atoms with Crippen molar-refractivity contribution < 1.29 is 19.4 Å². The van der Waals surface area contributed by atoms with Crippen LogP contribution in [-0.4, -0.2) is 23.0 Å². The van der Waals surface area contributed by atoms with Crippen LogP contribution in [0.3, 0.4) is 0 Å². The molecule has 5 heteroatoms. The maximum Gasteiger partial charge on any atom is 0.349 e. The van der Waals surface area contributed by atoms with Crippen molar-refractivity contribution in [3.05, 3.63) is 65.0 Å². The molecule has 0 fully saturated rings. The first-order chi connectivity index (χ1) is 11.1. The van der Waals surface area contributed by atoms with Crippen LogP contribution in [0.25, 0.3) is 10.1 Å². The van der Waals surface area contributed by atoms with Crippen LogP contribution in [0.1, 0.15) is 27.0 Å². The van der Waals surface area contributed by atoms with E-state index in [1.807, 2.05) is 24.3 Å². The smallest absolute Gasteiger partial charge is 0.349 e. The molecule has 3 aromatic rings. The van der Waals surface area contributed by atoms with Crippen LogP contribution in [0.4, 0.5) is 0 Å². The summed E-state index contributed by atoms with van der Waals surface area (Å²) in [5.41, 5.74) is 0.538. The van der Waals surface area contributed by atoms with Crippen molar-refractivity contribution in [1.29, 1.82) is 0 Å². The van der Waals surface area contributed by atoms with E-state index in [0.29, 0.717) is 10.9 Å². The number of hydrogen-bond acceptors (Lipinski definition) is 4. The number of carboxylic acid groups (broad SMARTS) is 1. The largest absolute Gasteiger partial charge is 0.480 e. The molecular formula is C18H14O4S. The first-order valence-corrected chi connectivity index (χ1v) is 7.90. The lowest BCUT2D eigenvalue weighted by molar-refractivity contribution is 0.0687. The monoisotopic (exact) mass is 326 g/mol. The van der Waals surface area contributed by atoms with E-state index in [1.54, 1.807) is 37.3 Å². The minimum Gasteiger partial charge on any atom is -0.480 e. The van der Waals surface area contributed by atoms with Gasteiger partial charge in [0.15, 0.2) is 16.7 Å². The first-order valence-electron chi connectivity index (χ1n) is 7.08. The third-order valence-corrected chi connectivity index (χ3v) is 4.61. The van der Waals surface area contributed by atoms with E-state index in [1.165, 1.54) is 0 Å². The van der Waals surface area contributed by atoms with Gasteiger partial charge in [-0.05, 0) is 19.1 Å². The Balaban J connectivity index is 1.96. The average Bonchev–Trinajstić information content (AvgIpc) is 2.94. The summed E-state index contributed by atoms with van der Waals surface area (Å²) in [5, 5.41) is 10.1. The summed E-state index contributed by atoms with van der Waals surface area (Å²) in [6, 6.07) is 16.1. The van der Waals surface area contributed by atoms with Gasteiger partial charge in [0.05, 0.1) is 0 Å². The zero-order valence-electron chi connectivity index (χ0n) is 12.4. The molecule has 1 N–H and O–H groups in total. The number of carbonyl (C=O) groups is 2. The molecule has 0 bridgehead atoms. The molecular weight excluding hydrogens is 312 g/mol. The quantitative estimate of drug-likeness (QED) is 0.712. The Hall–Kier alpha value is -2.66. The third-order valence-electron chi connectivity index (χ3n) is 3.47. The van der Waals surface area contributed by atoms with Crippen molar-refractivity contribution in [3.63, 3.8) is 0 Å². The fourth-order valence-corrected chi connectivity index (χ4v) is 3.32. The van der Waals surface area contributed by atoms with E-state index in [2.05, 4.69) is 0 Å². The molecule has 0 aliphatic carbocycles. The van der Waals surface area contributed by atoms with Gasteiger partial charge in [0.25, 0.3) is 0 Å². The SMILES string of the molecule is CC(Oc1c(C(=O)O)sc2ccccc12)C(=O)c1ccccc1. The fraction of sp³-hybridized carbons (Fsp3) is 0.111. The van der Waals surface area contributed by atoms with Gasteiger partial charge in [0.1, 0.15) is 0 Å². The summed E-state index contributed by atoms with van der Waals surface area (Å²) in [6.45, 7) is 1.63. The molecule has 0 spiro atoms. The maximum absolute atomic E-state index is 12.4. The Labute approximate surface area is 137 Å². The predicted molar refractivity (Wildman–Crippen MR) is 89.6 cm³/mol. The average molecular weight is 326 g/mol. The van der Waals surface area contributed by atoms with Gasteiger partial charge in [0.2, 0.25) is 5.78 Å². The number of aromatic carboxylic acids is 1. The van der Waals surface area contributed by atoms with E-state index in [0.717, 1.165) is 16.0 Å². The molecule has 0 aliphatic rings. The van der Waals surface area contributed by atoms with Crippen LogP contribution < -0.4 is 4.74 Å². The highest BCUT2D eigenvalue weighted by molar-refractivity contribution is 7.21. The van der Waals surface area contributed by atoms with Crippen LogP contribution in [0.5, 0.6) is 5.75 Å². The molecule has 0 amide bonds. The highest BCUT2D eigenvalue weighted by Gasteiger charge is 2.24. The molecule has 4 nitrogen and oxygen atoms in total. The number of ether oxygens (including phenoxy) is 1. The second kappa shape index (κ2) is 6.22. The van der Waals surface area contributed by atoms with Crippen molar-refractivity contribution in [2.24, 2.45) is 0 Å².